The number of aryl methyl sites for hydroxylation is 2. The van der Waals surface area contributed by atoms with E-state index in [1.165, 1.54) is 11.1 Å². The summed E-state index contributed by atoms with van der Waals surface area (Å²) in [4.78, 5) is 12.0. The minimum Gasteiger partial charge on any atom is -0.481 e. The molecule has 0 aromatic heterocycles. The molecule has 1 atom stereocenters. The maximum Gasteiger partial charge on any atom is 0.260 e. The number of rotatable bonds is 7. The van der Waals surface area contributed by atoms with Gasteiger partial charge in [-0.3, -0.25) is 4.79 Å². The number of amides is 1. The minimum atomic E-state index is -0.484. The van der Waals surface area contributed by atoms with E-state index in [0.29, 0.717) is 12.3 Å². The first-order valence-electron chi connectivity index (χ1n) is 7.70. The van der Waals surface area contributed by atoms with Crippen LogP contribution in [0.3, 0.4) is 0 Å². The average molecular weight is 297 g/mol. The maximum atomic E-state index is 12.0. The Morgan fingerprint density at radius 2 is 1.77 bits per heavy atom. The summed E-state index contributed by atoms with van der Waals surface area (Å²) in [5.74, 6) is 0.637. The number of ether oxygens (including phenoxy) is 1. The van der Waals surface area contributed by atoms with Gasteiger partial charge in [-0.05, 0) is 44.4 Å². The smallest absolute Gasteiger partial charge is 0.260 e. The van der Waals surface area contributed by atoms with Crippen molar-refractivity contribution in [3.05, 3.63) is 65.7 Å². The summed E-state index contributed by atoms with van der Waals surface area (Å²) in [5, 5.41) is 2.92. The quantitative estimate of drug-likeness (QED) is 0.794. The standard InChI is InChI=1S/C19H23NO2/c1-15-10-12-17(13-11-15)7-6-14-20-19(21)16(2)22-18-8-4-3-5-9-18/h3-5,8-13,16H,6-7,14H2,1-2H3,(H,20,21)/t16-/m1/s1. The number of nitrogens with one attached hydrogen (secondary N) is 1. The second-order valence-electron chi connectivity index (χ2n) is 5.45. The Balaban J connectivity index is 1.67. The molecule has 0 bridgehead atoms. The highest BCUT2D eigenvalue weighted by Crippen LogP contribution is 2.10. The zero-order valence-corrected chi connectivity index (χ0v) is 13.2. The number of hydrogen-bond donors (Lipinski definition) is 1. The van der Waals surface area contributed by atoms with Gasteiger partial charge in [0.2, 0.25) is 0 Å². The van der Waals surface area contributed by atoms with Crippen LogP contribution in [0, 0.1) is 6.92 Å². The zero-order chi connectivity index (χ0) is 15.8. The van der Waals surface area contributed by atoms with Crippen molar-refractivity contribution in [1.29, 1.82) is 0 Å². The molecular weight excluding hydrogens is 274 g/mol. The van der Waals surface area contributed by atoms with Crippen molar-refractivity contribution in [2.75, 3.05) is 6.54 Å². The van der Waals surface area contributed by atoms with E-state index in [4.69, 9.17) is 4.74 Å². The summed E-state index contributed by atoms with van der Waals surface area (Å²) in [6.07, 6.45) is 1.41. The van der Waals surface area contributed by atoms with Crippen LogP contribution in [0.15, 0.2) is 54.6 Å². The molecule has 3 heteroatoms. The van der Waals surface area contributed by atoms with Crippen molar-refractivity contribution >= 4 is 5.91 Å². The lowest BCUT2D eigenvalue weighted by molar-refractivity contribution is -0.127. The summed E-state index contributed by atoms with van der Waals surface area (Å²) >= 11 is 0. The molecule has 0 saturated carbocycles. The molecule has 0 aliphatic heterocycles. The monoisotopic (exact) mass is 297 g/mol. The average Bonchev–Trinajstić information content (AvgIpc) is 2.54. The third-order valence-corrected chi connectivity index (χ3v) is 3.49. The van der Waals surface area contributed by atoms with Crippen LogP contribution in [0.1, 0.15) is 24.5 Å². The van der Waals surface area contributed by atoms with Gasteiger partial charge in [0.1, 0.15) is 5.75 Å². The van der Waals surface area contributed by atoms with Crippen molar-refractivity contribution < 1.29 is 9.53 Å². The molecule has 0 aliphatic carbocycles. The first kappa shape index (κ1) is 16.1. The molecule has 1 amide bonds. The third kappa shape index (κ3) is 5.24. The molecule has 2 rings (SSSR count). The SMILES string of the molecule is Cc1ccc(CCCNC(=O)[C@@H](C)Oc2ccccc2)cc1. The molecule has 1 N–H and O–H groups in total. The van der Waals surface area contributed by atoms with Gasteiger partial charge < -0.3 is 10.1 Å². The summed E-state index contributed by atoms with van der Waals surface area (Å²) < 4.78 is 5.59. The van der Waals surface area contributed by atoms with E-state index in [1.807, 2.05) is 30.3 Å². The largest absolute Gasteiger partial charge is 0.481 e. The summed E-state index contributed by atoms with van der Waals surface area (Å²) in [6, 6.07) is 17.9. The molecule has 0 radical (unpaired) electrons. The van der Waals surface area contributed by atoms with E-state index < -0.39 is 6.10 Å². The van der Waals surface area contributed by atoms with Crippen LogP contribution < -0.4 is 10.1 Å². The summed E-state index contributed by atoms with van der Waals surface area (Å²) in [5.41, 5.74) is 2.57. The Kier molecular flexibility index (Phi) is 6.01. The van der Waals surface area contributed by atoms with Gasteiger partial charge in [0.15, 0.2) is 6.10 Å². The molecule has 3 nitrogen and oxygen atoms in total. The molecular formula is C19H23NO2. The van der Waals surface area contributed by atoms with Crippen LogP contribution in [0.2, 0.25) is 0 Å². The fourth-order valence-electron chi connectivity index (χ4n) is 2.16. The second-order valence-corrected chi connectivity index (χ2v) is 5.45. The molecule has 0 heterocycles. The zero-order valence-electron chi connectivity index (χ0n) is 13.2. The molecule has 2 aromatic rings. The first-order valence-corrected chi connectivity index (χ1v) is 7.70. The highest BCUT2D eigenvalue weighted by Gasteiger charge is 2.13. The van der Waals surface area contributed by atoms with Gasteiger partial charge in [0.05, 0.1) is 0 Å². The van der Waals surface area contributed by atoms with Crippen molar-refractivity contribution in [3.8, 4) is 5.75 Å². The van der Waals surface area contributed by atoms with Crippen LogP contribution in [-0.2, 0) is 11.2 Å². The number of carbonyl (C=O) groups excluding carboxylic acids is 1. The Morgan fingerprint density at radius 1 is 1.09 bits per heavy atom. The predicted octanol–water partition coefficient (Wildman–Crippen LogP) is 3.51. The highest BCUT2D eigenvalue weighted by molar-refractivity contribution is 5.80. The maximum absolute atomic E-state index is 12.0. The van der Waals surface area contributed by atoms with Crippen LogP contribution in [0.4, 0.5) is 0 Å². The van der Waals surface area contributed by atoms with Crippen molar-refractivity contribution in [2.45, 2.75) is 32.8 Å². The molecule has 22 heavy (non-hydrogen) atoms. The van der Waals surface area contributed by atoms with Gasteiger partial charge in [-0.25, -0.2) is 0 Å². The Labute approximate surface area is 132 Å². The normalized spacial score (nSPS) is 11.7. The Bertz CT molecular complexity index is 578. The lowest BCUT2D eigenvalue weighted by Gasteiger charge is -2.14. The Hall–Kier alpha value is -2.29. The molecule has 0 saturated heterocycles. The fraction of sp³-hybridized carbons (Fsp3) is 0.316. The van der Waals surface area contributed by atoms with E-state index in [-0.39, 0.29) is 5.91 Å². The lowest BCUT2D eigenvalue weighted by atomic mass is 10.1. The lowest BCUT2D eigenvalue weighted by Crippen LogP contribution is -2.36. The van der Waals surface area contributed by atoms with E-state index >= 15 is 0 Å². The van der Waals surface area contributed by atoms with Gasteiger partial charge in [-0.2, -0.15) is 0 Å². The number of hydrogen-bond acceptors (Lipinski definition) is 2. The van der Waals surface area contributed by atoms with Gasteiger partial charge in [0.25, 0.3) is 5.91 Å². The van der Waals surface area contributed by atoms with Crippen molar-refractivity contribution in [3.63, 3.8) is 0 Å². The van der Waals surface area contributed by atoms with E-state index in [9.17, 15) is 4.79 Å². The van der Waals surface area contributed by atoms with Crippen LogP contribution in [0.25, 0.3) is 0 Å². The number of benzene rings is 2. The molecule has 2 aromatic carbocycles. The molecule has 0 fully saturated rings. The fourth-order valence-corrected chi connectivity index (χ4v) is 2.16. The topological polar surface area (TPSA) is 38.3 Å². The van der Waals surface area contributed by atoms with E-state index in [1.54, 1.807) is 6.92 Å². The highest BCUT2D eigenvalue weighted by atomic mass is 16.5. The summed E-state index contributed by atoms with van der Waals surface area (Å²) in [6.45, 7) is 4.51. The number of carbonyl (C=O) groups is 1. The number of para-hydroxylation sites is 1. The van der Waals surface area contributed by atoms with Gasteiger partial charge >= 0.3 is 0 Å². The predicted molar refractivity (Wildman–Crippen MR) is 89.0 cm³/mol. The Morgan fingerprint density at radius 3 is 2.45 bits per heavy atom. The van der Waals surface area contributed by atoms with Gasteiger partial charge in [-0.15, -0.1) is 0 Å². The van der Waals surface area contributed by atoms with Crippen LogP contribution >= 0.6 is 0 Å². The minimum absolute atomic E-state index is 0.0761. The first-order chi connectivity index (χ1) is 10.6. The molecule has 0 spiro atoms. The second kappa shape index (κ2) is 8.23. The van der Waals surface area contributed by atoms with Crippen molar-refractivity contribution in [1.82, 2.24) is 5.32 Å². The van der Waals surface area contributed by atoms with Crippen LogP contribution in [0.5, 0.6) is 5.75 Å². The molecule has 0 unspecified atom stereocenters. The van der Waals surface area contributed by atoms with Crippen molar-refractivity contribution in [2.24, 2.45) is 0 Å². The van der Waals surface area contributed by atoms with Gasteiger partial charge in [-0.1, -0.05) is 48.0 Å². The van der Waals surface area contributed by atoms with E-state index in [0.717, 1.165) is 12.8 Å². The van der Waals surface area contributed by atoms with Crippen LogP contribution in [-0.4, -0.2) is 18.6 Å². The molecule has 116 valence electrons. The van der Waals surface area contributed by atoms with Gasteiger partial charge in [0, 0.05) is 6.54 Å². The third-order valence-electron chi connectivity index (χ3n) is 3.49. The van der Waals surface area contributed by atoms with E-state index in [2.05, 4.69) is 36.5 Å². The molecule has 0 aliphatic rings. The summed E-state index contributed by atoms with van der Waals surface area (Å²) in [7, 11) is 0.